The summed E-state index contributed by atoms with van der Waals surface area (Å²) in [5.41, 5.74) is -2.78. The van der Waals surface area contributed by atoms with E-state index in [0.717, 1.165) is 0 Å². The van der Waals surface area contributed by atoms with Crippen LogP contribution in [-0.4, -0.2) is 36.7 Å². The number of ether oxygens (including phenoxy) is 2. The molecule has 2 unspecified atom stereocenters. The van der Waals surface area contributed by atoms with Gasteiger partial charge in [0, 0.05) is 12.8 Å². The first-order valence-corrected chi connectivity index (χ1v) is 7.34. The van der Waals surface area contributed by atoms with Gasteiger partial charge in [-0.2, -0.15) is 0 Å². The van der Waals surface area contributed by atoms with Gasteiger partial charge >= 0.3 is 11.9 Å². The maximum Gasteiger partial charge on any atom is 0.320 e. The quantitative estimate of drug-likeness (QED) is 0.572. The summed E-state index contributed by atoms with van der Waals surface area (Å²) < 4.78 is 9.97. The summed E-state index contributed by atoms with van der Waals surface area (Å²) in [6.07, 6.45) is 0.483. The van der Waals surface area contributed by atoms with Crippen LogP contribution in [0.5, 0.6) is 0 Å². The SMILES string of the molecule is CCOC(=O)C12CCCC(C(=O)OCC)(CC1=O)C(=O)C2. The third-order valence-corrected chi connectivity index (χ3v) is 4.53. The van der Waals surface area contributed by atoms with Gasteiger partial charge in [0.2, 0.25) is 0 Å². The van der Waals surface area contributed by atoms with E-state index in [2.05, 4.69) is 0 Å². The minimum absolute atomic E-state index is 0.158. The first kappa shape index (κ1) is 15.7. The lowest BCUT2D eigenvalue weighted by molar-refractivity contribution is -0.174. The number of Topliss-reactive ketones (excluding diaryl/α,β-unsaturated/α-hetero) is 2. The van der Waals surface area contributed by atoms with E-state index >= 15 is 0 Å². The minimum Gasteiger partial charge on any atom is -0.465 e. The standard InChI is InChI=1S/C15H20O6/c1-3-20-12(18)14-6-5-7-15(9-10(14)16,11(17)8-14)13(19)21-4-2/h3-9H2,1-2H3. The van der Waals surface area contributed by atoms with Crippen molar-refractivity contribution in [1.82, 2.24) is 0 Å². The predicted octanol–water partition coefficient (Wildman–Crippen LogP) is 1.20. The highest BCUT2D eigenvalue weighted by atomic mass is 16.5. The lowest BCUT2D eigenvalue weighted by atomic mass is 9.63. The van der Waals surface area contributed by atoms with Crippen LogP contribution in [0.3, 0.4) is 0 Å². The van der Waals surface area contributed by atoms with Gasteiger partial charge in [-0.3, -0.25) is 19.2 Å². The van der Waals surface area contributed by atoms with E-state index in [-0.39, 0.29) is 50.5 Å². The fourth-order valence-corrected chi connectivity index (χ4v) is 3.35. The molecule has 0 spiro atoms. The molecule has 0 N–H and O–H groups in total. The number of carbonyl (C=O) groups is 4. The predicted molar refractivity (Wildman–Crippen MR) is 71.2 cm³/mol. The van der Waals surface area contributed by atoms with Crippen LogP contribution in [0.4, 0.5) is 0 Å². The molecule has 6 nitrogen and oxygen atoms in total. The van der Waals surface area contributed by atoms with E-state index in [0.29, 0.717) is 6.42 Å². The maximum atomic E-state index is 12.5. The molecule has 116 valence electrons. The van der Waals surface area contributed by atoms with Crippen LogP contribution >= 0.6 is 0 Å². The van der Waals surface area contributed by atoms with Crippen LogP contribution in [0.1, 0.15) is 46.0 Å². The van der Waals surface area contributed by atoms with Crippen molar-refractivity contribution >= 4 is 23.5 Å². The maximum absolute atomic E-state index is 12.5. The van der Waals surface area contributed by atoms with Gasteiger partial charge in [-0.15, -0.1) is 0 Å². The molecule has 3 aliphatic carbocycles. The zero-order chi connectivity index (χ0) is 15.7. The first-order valence-electron chi connectivity index (χ1n) is 7.34. The Bertz CT molecular complexity index is 452. The summed E-state index contributed by atoms with van der Waals surface area (Å²) in [4.78, 5) is 49.4. The van der Waals surface area contributed by atoms with Crippen LogP contribution in [0.2, 0.25) is 0 Å². The molecule has 3 rings (SSSR count). The highest BCUT2D eigenvalue weighted by molar-refractivity contribution is 6.18. The molecular weight excluding hydrogens is 276 g/mol. The molecule has 6 heteroatoms. The normalized spacial score (nSPS) is 31.7. The largest absolute Gasteiger partial charge is 0.465 e. The van der Waals surface area contributed by atoms with Gasteiger partial charge in [-0.1, -0.05) is 6.42 Å². The average molecular weight is 296 g/mol. The lowest BCUT2D eigenvalue weighted by Gasteiger charge is -2.37. The number of rotatable bonds is 4. The van der Waals surface area contributed by atoms with Crippen molar-refractivity contribution in [2.75, 3.05) is 13.2 Å². The average Bonchev–Trinajstić information content (AvgIpc) is 2.67. The second kappa shape index (κ2) is 5.58. The molecule has 3 fully saturated rings. The van der Waals surface area contributed by atoms with Crippen molar-refractivity contribution in [3.8, 4) is 0 Å². The van der Waals surface area contributed by atoms with E-state index < -0.39 is 22.8 Å². The van der Waals surface area contributed by atoms with Crippen LogP contribution in [-0.2, 0) is 28.7 Å². The Morgan fingerprint density at radius 1 is 0.905 bits per heavy atom. The fraction of sp³-hybridized carbons (Fsp3) is 0.733. The second-order valence-corrected chi connectivity index (χ2v) is 5.66. The minimum atomic E-state index is -1.39. The Kier molecular flexibility index (Phi) is 4.16. The molecule has 3 saturated carbocycles. The molecule has 0 radical (unpaired) electrons. The number of ketones is 2. The highest BCUT2D eigenvalue weighted by Gasteiger charge is 2.63. The smallest absolute Gasteiger partial charge is 0.320 e. The second-order valence-electron chi connectivity index (χ2n) is 5.66. The van der Waals surface area contributed by atoms with Gasteiger partial charge in [0.05, 0.1) is 13.2 Å². The summed E-state index contributed by atoms with van der Waals surface area (Å²) in [6, 6.07) is 0. The molecule has 0 aliphatic heterocycles. The van der Waals surface area contributed by atoms with Gasteiger partial charge in [0.1, 0.15) is 10.8 Å². The Labute approximate surface area is 123 Å². The number of hydrogen-bond acceptors (Lipinski definition) is 6. The van der Waals surface area contributed by atoms with Crippen molar-refractivity contribution in [3.63, 3.8) is 0 Å². The van der Waals surface area contributed by atoms with Gasteiger partial charge in [-0.05, 0) is 26.7 Å². The van der Waals surface area contributed by atoms with Crippen LogP contribution < -0.4 is 0 Å². The Morgan fingerprint density at radius 2 is 1.29 bits per heavy atom. The Balaban J connectivity index is 2.37. The fourth-order valence-electron chi connectivity index (χ4n) is 3.35. The summed E-state index contributed by atoms with van der Waals surface area (Å²) in [5, 5.41) is 0. The molecule has 0 aromatic rings. The van der Waals surface area contributed by atoms with Crippen molar-refractivity contribution in [2.45, 2.75) is 46.0 Å². The van der Waals surface area contributed by atoms with Gasteiger partial charge < -0.3 is 9.47 Å². The highest BCUT2D eigenvalue weighted by Crippen LogP contribution is 2.51. The van der Waals surface area contributed by atoms with Crippen LogP contribution in [0, 0.1) is 10.8 Å². The van der Waals surface area contributed by atoms with Gasteiger partial charge in [0.25, 0.3) is 0 Å². The van der Waals surface area contributed by atoms with Crippen molar-refractivity contribution in [1.29, 1.82) is 0 Å². The molecule has 0 aromatic carbocycles. The number of esters is 2. The number of carbonyl (C=O) groups excluding carboxylic acids is 4. The molecule has 0 saturated heterocycles. The first-order chi connectivity index (χ1) is 9.93. The summed E-state index contributed by atoms with van der Waals surface area (Å²) >= 11 is 0. The van der Waals surface area contributed by atoms with E-state index in [1.165, 1.54) is 0 Å². The zero-order valence-electron chi connectivity index (χ0n) is 12.4. The third-order valence-electron chi connectivity index (χ3n) is 4.53. The molecule has 0 heterocycles. The monoisotopic (exact) mass is 296 g/mol. The zero-order valence-corrected chi connectivity index (χ0v) is 12.4. The van der Waals surface area contributed by atoms with Crippen LogP contribution in [0.15, 0.2) is 0 Å². The topological polar surface area (TPSA) is 86.7 Å². The molecule has 21 heavy (non-hydrogen) atoms. The summed E-state index contributed by atoms with van der Waals surface area (Å²) in [7, 11) is 0. The molecule has 0 aromatic heterocycles. The Morgan fingerprint density at radius 3 is 1.62 bits per heavy atom. The number of fused-ring (bicyclic) bond motifs is 4. The molecular formula is C15H20O6. The molecule has 0 amide bonds. The summed E-state index contributed by atoms with van der Waals surface area (Å²) in [6.45, 7) is 3.63. The third kappa shape index (κ3) is 2.26. The van der Waals surface area contributed by atoms with Crippen molar-refractivity contribution < 1.29 is 28.7 Å². The van der Waals surface area contributed by atoms with Gasteiger partial charge in [0.15, 0.2) is 11.6 Å². The Hall–Kier alpha value is -1.72. The molecule has 3 aliphatic rings. The van der Waals surface area contributed by atoms with E-state index in [1.54, 1.807) is 13.8 Å². The summed E-state index contributed by atoms with van der Waals surface area (Å²) in [5.74, 6) is -2.01. The lowest BCUT2D eigenvalue weighted by Crippen LogP contribution is -2.53. The van der Waals surface area contributed by atoms with Crippen LogP contribution in [0.25, 0.3) is 0 Å². The number of hydrogen-bond donors (Lipinski definition) is 0. The van der Waals surface area contributed by atoms with E-state index in [4.69, 9.17) is 9.47 Å². The van der Waals surface area contributed by atoms with E-state index in [1.807, 2.05) is 0 Å². The van der Waals surface area contributed by atoms with Crippen molar-refractivity contribution in [3.05, 3.63) is 0 Å². The van der Waals surface area contributed by atoms with E-state index in [9.17, 15) is 19.2 Å². The molecule has 2 atom stereocenters. The van der Waals surface area contributed by atoms with Crippen molar-refractivity contribution in [2.24, 2.45) is 10.8 Å². The van der Waals surface area contributed by atoms with Gasteiger partial charge in [-0.25, -0.2) is 0 Å². The molecule has 2 bridgehead atoms.